The summed E-state index contributed by atoms with van der Waals surface area (Å²) in [4.78, 5) is 16.4. The number of rotatable bonds is 4. The van der Waals surface area contributed by atoms with Gasteiger partial charge in [-0.15, -0.1) is 0 Å². The molecule has 0 spiro atoms. The van der Waals surface area contributed by atoms with Crippen molar-refractivity contribution in [1.29, 1.82) is 0 Å². The molecule has 1 aromatic carbocycles. The lowest BCUT2D eigenvalue weighted by Gasteiger charge is -2.26. The van der Waals surface area contributed by atoms with Crippen molar-refractivity contribution in [3.63, 3.8) is 0 Å². The molecule has 0 N–H and O–H groups in total. The SMILES string of the molecule is CCN(CC)C1CCN(C(=O)c2ccc(C(F)(F)F)cc2)C1. The molecule has 0 aromatic heterocycles. The maximum absolute atomic E-state index is 12.5. The molecule has 1 saturated heterocycles. The fourth-order valence-electron chi connectivity index (χ4n) is 2.95. The highest BCUT2D eigenvalue weighted by molar-refractivity contribution is 5.94. The molecular formula is C16H21F3N2O. The summed E-state index contributed by atoms with van der Waals surface area (Å²) in [5, 5.41) is 0. The van der Waals surface area contributed by atoms with E-state index < -0.39 is 11.7 Å². The Balaban J connectivity index is 2.04. The second-order valence-electron chi connectivity index (χ2n) is 5.49. The van der Waals surface area contributed by atoms with E-state index in [9.17, 15) is 18.0 Å². The topological polar surface area (TPSA) is 23.6 Å². The second-order valence-corrected chi connectivity index (χ2v) is 5.49. The fraction of sp³-hybridized carbons (Fsp3) is 0.562. The van der Waals surface area contributed by atoms with Gasteiger partial charge in [0.25, 0.3) is 5.91 Å². The molecule has 1 fully saturated rings. The fourth-order valence-corrected chi connectivity index (χ4v) is 2.95. The van der Waals surface area contributed by atoms with E-state index in [0.717, 1.165) is 31.6 Å². The van der Waals surface area contributed by atoms with Gasteiger partial charge in [-0.05, 0) is 43.8 Å². The van der Waals surface area contributed by atoms with Crippen LogP contribution in [-0.2, 0) is 6.18 Å². The molecule has 1 amide bonds. The molecule has 1 aliphatic heterocycles. The number of alkyl halides is 3. The van der Waals surface area contributed by atoms with E-state index in [1.807, 2.05) is 0 Å². The summed E-state index contributed by atoms with van der Waals surface area (Å²) in [6.45, 7) is 7.34. The van der Waals surface area contributed by atoms with Gasteiger partial charge in [-0.1, -0.05) is 13.8 Å². The van der Waals surface area contributed by atoms with E-state index in [1.165, 1.54) is 12.1 Å². The first-order valence-electron chi connectivity index (χ1n) is 7.57. The zero-order valence-corrected chi connectivity index (χ0v) is 12.9. The van der Waals surface area contributed by atoms with Crippen molar-refractivity contribution in [2.75, 3.05) is 26.2 Å². The molecule has 1 heterocycles. The molecule has 0 radical (unpaired) electrons. The third kappa shape index (κ3) is 3.61. The number of likely N-dealkylation sites (N-methyl/N-ethyl adjacent to an activating group) is 1. The number of likely N-dealkylation sites (tertiary alicyclic amines) is 1. The summed E-state index contributed by atoms with van der Waals surface area (Å²) >= 11 is 0. The normalized spacial score (nSPS) is 19.0. The third-order valence-corrected chi connectivity index (χ3v) is 4.24. The Kier molecular flexibility index (Phi) is 5.11. The molecule has 0 saturated carbocycles. The van der Waals surface area contributed by atoms with E-state index >= 15 is 0 Å². The number of carbonyl (C=O) groups excluding carboxylic acids is 1. The highest BCUT2D eigenvalue weighted by atomic mass is 19.4. The summed E-state index contributed by atoms with van der Waals surface area (Å²) in [5.74, 6) is -0.191. The summed E-state index contributed by atoms with van der Waals surface area (Å²) in [7, 11) is 0. The number of nitrogens with zero attached hydrogens (tertiary/aromatic N) is 2. The smallest absolute Gasteiger partial charge is 0.337 e. The zero-order chi connectivity index (χ0) is 16.3. The number of halogens is 3. The molecule has 6 heteroatoms. The van der Waals surface area contributed by atoms with Crippen molar-refractivity contribution in [2.24, 2.45) is 0 Å². The predicted molar refractivity (Wildman–Crippen MR) is 78.7 cm³/mol. The Morgan fingerprint density at radius 2 is 1.82 bits per heavy atom. The molecule has 2 rings (SSSR count). The maximum Gasteiger partial charge on any atom is 0.416 e. The van der Waals surface area contributed by atoms with Crippen LogP contribution >= 0.6 is 0 Å². The Hall–Kier alpha value is -1.56. The van der Waals surface area contributed by atoms with Gasteiger partial charge in [0.05, 0.1) is 5.56 Å². The Bertz CT molecular complexity index is 509. The minimum absolute atomic E-state index is 0.191. The summed E-state index contributed by atoms with van der Waals surface area (Å²) in [5.41, 5.74) is -0.417. The van der Waals surface area contributed by atoms with Gasteiger partial charge in [0.15, 0.2) is 0 Å². The van der Waals surface area contributed by atoms with Crippen LogP contribution in [0.15, 0.2) is 24.3 Å². The number of hydrogen-bond donors (Lipinski definition) is 0. The first-order chi connectivity index (χ1) is 10.4. The van der Waals surface area contributed by atoms with Crippen LogP contribution in [0.1, 0.15) is 36.2 Å². The van der Waals surface area contributed by atoms with Gasteiger partial charge in [0.1, 0.15) is 0 Å². The van der Waals surface area contributed by atoms with Gasteiger partial charge in [-0.25, -0.2) is 0 Å². The van der Waals surface area contributed by atoms with E-state index in [-0.39, 0.29) is 5.91 Å². The summed E-state index contributed by atoms with van der Waals surface area (Å²) in [6, 6.07) is 4.79. The van der Waals surface area contributed by atoms with Crippen molar-refractivity contribution < 1.29 is 18.0 Å². The Labute approximate surface area is 128 Å². The second kappa shape index (κ2) is 6.69. The Morgan fingerprint density at radius 3 is 2.32 bits per heavy atom. The van der Waals surface area contributed by atoms with Crippen LogP contribution in [0.3, 0.4) is 0 Å². The summed E-state index contributed by atoms with van der Waals surface area (Å²) < 4.78 is 37.6. The molecule has 1 atom stereocenters. The highest BCUT2D eigenvalue weighted by Crippen LogP contribution is 2.29. The summed E-state index contributed by atoms with van der Waals surface area (Å²) in [6.07, 6.45) is -3.46. The lowest BCUT2D eigenvalue weighted by Crippen LogP contribution is -2.38. The van der Waals surface area contributed by atoms with Gasteiger partial charge in [0.2, 0.25) is 0 Å². The van der Waals surface area contributed by atoms with Crippen molar-refractivity contribution in [3.8, 4) is 0 Å². The zero-order valence-electron chi connectivity index (χ0n) is 12.9. The molecule has 1 unspecified atom stereocenters. The molecule has 0 bridgehead atoms. The minimum Gasteiger partial charge on any atom is -0.337 e. The highest BCUT2D eigenvalue weighted by Gasteiger charge is 2.32. The number of benzene rings is 1. The van der Waals surface area contributed by atoms with Crippen molar-refractivity contribution >= 4 is 5.91 Å². The molecular weight excluding hydrogens is 293 g/mol. The first-order valence-corrected chi connectivity index (χ1v) is 7.57. The number of hydrogen-bond acceptors (Lipinski definition) is 2. The monoisotopic (exact) mass is 314 g/mol. The van der Waals surface area contributed by atoms with Crippen LogP contribution < -0.4 is 0 Å². The van der Waals surface area contributed by atoms with E-state index in [0.29, 0.717) is 24.7 Å². The van der Waals surface area contributed by atoms with E-state index in [1.54, 1.807) is 4.90 Å². The van der Waals surface area contributed by atoms with E-state index in [2.05, 4.69) is 18.7 Å². The molecule has 1 aliphatic rings. The van der Waals surface area contributed by atoms with Gasteiger partial charge in [0, 0.05) is 24.7 Å². The lowest BCUT2D eigenvalue weighted by atomic mass is 10.1. The largest absolute Gasteiger partial charge is 0.416 e. The molecule has 122 valence electrons. The van der Waals surface area contributed by atoms with Crippen molar-refractivity contribution in [2.45, 2.75) is 32.5 Å². The van der Waals surface area contributed by atoms with Crippen LogP contribution in [-0.4, -0.2) is 47.9 Å². The van der Waals surface area contributed by atoms with Crippen molar-refractivity contribution in [3.05, 3.63) is 35.4 Å². The first kappa shape index (κ1) is 16.8. The van der Waals surface area contributed by atoms with Gasteiger partial charge < -0.3 is 4.90 Å². The number of carbonyl (C=O) groups is 1. The minimum atomic E-state index is -4.37. The van der Waals surface area contributed by atoms with Crippen molar-refractivity contribution in [1.82, 2.24) is 9.80 Å². The molecule has 0 aliphatic carbocycles. The average Bonchev–Trinajstić information content (AvgIpc) is 2.97. The number of amides is 1. The van der Waals surface area contributed by atoms with Crippen LogP contribution in [0.5, 0.6) is 0 Å². The van der Waals surface area contributed by atoms with Crippen LogP contribution in [0.2, 0.25) is 0 Å². The van der Waals surface area contributed by atoms with Gasteiger partial charge in [-0.2, -0.15) is 13.2 Å². The van der Waals surface area contributed by atoms with Crippen LogP contribution in [0.25, 0.3) is 0 Å². The Morgan fingerprint density at radius 1 is 1.23 bits per heavy atom. The standard InChI is InChI=1S/C16H21F3N2O/c1-3-20(4-2)14-9-10-21(11-14)15(22)12-5-7-13(8-6-12)16(17,18)19/h5-8,14H,3-4,9-11H2,1-2H3. The maximum atomic E-state index is 12.5. The quantitative estimate of drug-likeness (QED) is 0.851. The van der Waals surface area contributed by atoms with E-state index in [4.69, 9.17) is 0 Å². The van der Waals surface area contributed by atoms with Crippen LogP contribution in [0.4, 0.5) is 13.2 Å². The third-order valence-electron chi connectivity index (χ3n) is 4.24. The van der Waals surface area contributed by atoms with Gasteiger partial charge in [-0.3, -0.25) is 9.69 Å². The van der Waals surface area contributed by atoms with Crippen LogP contribution in [0, 0.1) is 0 Å². The molecule has 22 heavy (non-hydrogen) atoms. The van der Waals surface area contributed by atoms with Gasteiger partial charge >= 0.3 is 6.18 Å². The lowest BCUT2D eigenvalue weighted by molar-refractivity contribution is -0.137. The molecule has 3 nitrogen and oxygen atoms in total. The average molecular weight is 314 g/mol. The predicted octanol–water partition coefficient (Wildman–Crippen LogP) is 3.26. The molecule has 1 aromatic rings.